The van der Waals surface area contributed by atoms with Gasteiger partial charge in [-0.25, -0.2) is 0 Å². The molecule has 1 N–H and O–H groups in total. The van der Waals surface area contributed by atoms with Gasteiger partial charge >= 0.3 is 0 Å². The van der Waals surface area contributed by atoms with E-state index in [4.69, 9.17) is 27.9 Å². The quantitative estimate of drug-likeness (QED) is 0.780. The molecule has 106 valence electrons. The highest BCUT2D eigenvalue weighted by molar-refractivity contribution is 6.35. The van der Waals surface area contributed by atoms with Crippen molar-refractivity contribution in [2.24, 2.45) is 0 Å². The Hall–Kier alpha value is -1.38. The van der Waals surface area contributed by atoms with Crippen molar-refractivity contribution < 1.29 is 4.74 Å². The van der Waals surface area contributed by atoms with Crippen molar-refractivity contribution in [3.8, 4) is 5.75 Å². The van der Waals surface area contributed by atoms with Gasteiger partial charge in [-0.3, -0.25) is 0 Å². The van der Waals surface area contributed by atoms with Gasteiger partial charge in [-0.05, 0) is 48.4 Å². The molecule has 0 bridgehead atoms. The molecular weight excluding hydrogens is 293 g/mol. The monoisotopic (exact) mass is 309 g/mol. The molecule has 0 aliphatic heterocycles. The SMILES string of the molecule is CCC(Nc1ccc(OC)cc1)c1ccc(Cl)cc1Cl. The molecule has 0 saturated heterocycles. The van der Waals surface area contributed by atoms with Crippen LogP contribution in [-0.4, -0.2) is 7.11 Å². The number of anilines is 1. The van der Waals surface area contributed by atoms with Crippen LogP contribution < -0.4 is 10.1 Å². The predicted octanol–water partition coefficient (Wildman–Crippen LogP) is 5.57. The van der Waals surface area contributed by atoms with Gasteiger partial charge in [0.2, 0.25) is 0 Å². The summed E-state index contributed by atoms with van der Waals surface area (Å²) in [4.78, 5) is 0. The van der Waals surface area contributed by atoms with Crippen LogP contribution in [0.1, 0.15) is 24.9 Å². The summed E-state index contributed by atoms with van der Waals surface area (Å²) in [5.41, 5.74) is 2.08. The highest BCUT2D eigenvalue weighted by Crippen LogP contribution is 2.30. The van der Waals surface area contributed by atoms with Crippen LogP contribution in [0.2, 0.25) is 10.0 Å². The molecule has 2 aromatic carbocycles. The van der Waals surface area contributed by atoms with E-state index in [0.717, 1.165) is 23.4 Å². The summed E-state index contributed by atoms with van der Waals surface area (Å²) in [5, 5.41) is 4.81. The summed E-state index contributed by atoms with van der Waals surface area (Å²) < 4.78 is 5.15. The molecule has 4 heteroatoms. The van der Waals surface area contributed by atoms with E-state index in [-0.39, 0.29) is 6.04 Å². The molecule has 0 amide bonds. The molecule has 0 saturated carbocycles. The summed E-state index contributed by atoms with van der Waals surface area (Å²) in [6, 6.07) is 13.6. The molecule has 2 aromatic rings. The van der Waals surface area contributed by atoms with E-state index in [9.17, 15) is 0 Å². The number of halogens is 2. The van der Waals surface area contributed by atoms with Crippen molar-refractivity contribution in [1.82, 2.24) is 0 Å². The topological polar surface area (TPSA) is 21.3 Å². The van der Waals surface area contributed by atoms with Crippen molar-refractivity contribution in [3.05, 3.63) is 58.1 Å². The second kappa shape index (κ2) is 6.87. The van der Waals surface area contributed by atoms with Gasteiger partial charge in [0.1, 0.15) is 5.75 Å². The summed E-state index contributed by atoms with van der Waals surface area (Å²) in [6.45, 7) is 2.12. The van der Waals surface area contributed by atoms with E-state index in [0.29, 0.717) is 10.0 Å². The van der Waals surface area contributed by atoms with Crippen molar-refractivity contribution in [1.29, 1.82) is 0 Å². The van der Waals surface area contributed by atoms with Crippen molar-refractivity contribution in [2.75, 3.05) is 12.4 Å². The Balaban J connectivity index is 2.19. The van der Waals surface area contributed by atoms with E-state index >= 15 is 0 Å². The van der Waals surface area contributed by atoms with E-state index in [1.54, 1.807) is 13.2 Å². The van der Waals surface area contributed by atoms with Gasteiger partial charge in [-0.1, -0.05) is 36.2 Å². The number of ether oxygens (including phenoxy) is 1. The van der Waals surface area contributed by atoms with E-state index in [1.165, 1.54) is 0 Å². The van der Waals surface area contributed by atoms with E-state index in [2.05, 4.69) is 12.2 Å². The van der Waals surface area contributed by atoms with Crippen LogP contribution in [0.5, 0.6) is 5.75 Å². The van der Waals surface area contributed by atoms with Crippen molar-refractivity contribution in [3.63, 3.8) is 0 Å². The van der Waals surface area contributed by atoms with Gasteiger partial charge in [0, 0.05) is 15.7 Å². The third-order valence-electron chi connectivity index (χ3n) is 3.18. The molecule has 0 aliphatic carbocycles. The van der Waals surface area contributed by atoms with Crippen molar-refractivity contribution >= 4 is 28.9 Å². The maximum Gasteiger partial charge on any atom is 0.119 e. The van der Waals surface area contributed by atoms with Gasteiger partial charge in [-0.2, -0.15) is 0 Å². The first-order valence-electron chi connectivity index (χ1n) is 6.49. The fourth-order valence-electron chi connectivity index (χ4n) is 2.07. The number of benzene rings is 2. The Morgan fingerprint density at radius 3 is 2.35 bits per heavy atom. The lowest BCUT2D eigenvalue weighted by atomic mass is 10.0. The minimum absolute atomic E-state index is 0.146. The number of rotatable bonds is 5. The molecule has 0 aliphatic rings. The van der Waals surface area contributed by atoms with Crippen LogP contribution in [0.15, 0.2) is 42.5 Å². The molecule has 0 spiro atoms. The Bertz CT molecular complexity index is 569. The standard InChI is InChI=1S/C16H17Cl2NO/c1-3-16(14-9-4-11(17)10-15(14)18)19-12-5-7-13(20-2)8-6-12/h4-10,16,19H,3H2,1-2H3. The molecule has 1 unspecified atom stereocenters. The molecule has 0 heterocycles. The summed E-state index contributed by atoms with van der Waals surface area (Å²) >= 11 is 12.2. The van der Waals surface area contributed by atoms with Crippen LogP contribution in [0, 0.1) is 0 Å². The Morgan fingerprint density at radius 2 is 1.80 bits per heavy atom. The second-order valence-electron chi connectivity index (χ2n) is 4.50. The fourth-order valence-corrected chi connectivity index (χ4v) is 2.61. The van der Waals surface area contributed by atoms with Gasteiger partial charge < -0.3 is 10.1 Å². The highest BCUT2D eigenvalue weighted by Gasteiger charge is 2.13. The third-order valence-corrected chi connectivity index (χ3v) is 3.74. The molecule has 20 heavy (non-hydrogen) atoms. The van der Waals surface area contributed by atoms with Crippen LogP contribution in [0.25, 0.3) is 0 Å². The zero-order valence-electron chi connectivity index (χ0n) is 11.5. The minimum Gasteiger partial charge on any atom is -0.497 e. The first kappa shape index (κ1) is 15.0. The molecule has 0 fully saturated rings. The molecule has 2 rings (SSSR count). The number of hydrogen-bond acceptors (Lipinski definition) is 2. The normalized spacial score (nSPS) is 12.0. The Kier molecular flexibility index (Phi) is 5.16. The first-order chi connectivity index (χ1) is 9.63. The molecule has 1 atom stereocenters. The lowest BCUT2D eigenvalue weighted by molar-refractivity contribution is 0.415. The second-order valence-corrected chi connectivity index (χ2v) is 5.34. The van der Waals surface area contributed by atoms with Crippen LogP contribution >= 0.6 is 23.2 Å². The minimum atomic E-state index is 0.146. The first-order valence-corrected chi connectivity index (χ1v) is 7.25. The smallest absolute Gasteiger partial charge is 0.119 e. The van der Waals surface area contributed by atoms with Gasteiger partial charge in [0.05, 0.1) is 13.2 Å². The average Bonchev–Trinajstić information content (AvgIpc) is 2.46. The number of methoxy groups -OCH3 is 1. The van der Waals surface area contributed by atoms with Crippen LogP contribution in [0.3, 0.4) is 0 Å². The lowest BCUT2D eigenvalue weighted by Crippen LogP contribution is -2.10. The summed E-state index contributed by atoms with van der Waals surface area (Å²) in [7, 11) is 1.66. The highest BCUT2D eigenvalue weighted by atomic mass is 35.5. The van der Waals surface area contributed by atoms with Crippen molar-refractivity contribution in [2.45, 2.75) is 19.4 Å². The largest absolute Gasteiger partial charge is 0.497 e. The molecule has 0 radical (unpaired) electrons. The average molecular weight is 310 g/mol. The molecular formula is C16H17Cl2NO. The molecule has 2 nitrogen and oxygen atoms in total. The van der Waals surface area contributed by atoms with Crippen LogP contribution in [-0.2, 0) is 0 Å². The maximum atomic E-state index is 6.27. The Labute approximate surface area is 129 Å². The number of nitrogens with one attached hydrogen (secondary N) is 1. The lowest BCUT2D eigenvalue weighted by Gasteiger charge is -2.20. The van der Waals surface area contributed by atoms with Gasteiger partial charge in [0.25, 0.3) is 0 Å². The van der Waals surface area contributed by atoms with E-state index in [1.807, 2.05) is 36.4 Å². The maximum absolute atomic E-state index is 6.27. The Morgan fingerprint density at radius 1 is 1.10 bits per heavy atom. The summed E-state index contributed by atoms with van der Waals surface area (Å²) in [5.74, 6) is 0.841. The fraction of sp³-hybridized carbons (Fsp3) is 0.250. The van der Waals surface area contributed by atoms with Gasteiger partial charge in [-0.15, -0.1) is 0 Å². The summed E-state index contributed by atoms with van der Waals surface area (Å²) in [6.07, 6.45) is 0.924. The molecule has 0 aromatic heterocycles. The third kappa shape index (κ3) is 3.59. The number of hydrogen-bond donors (Lipinski definition) is 1. The van der Waals surface area contributed by atoms with Gasteiger partial charge in [0.15, 0.2) is 0 Å². The predicted molar refractivity (Wildman–Crippen MR) is 86.1 cm³/mol. The zero-order valence-corrected chi connectivity index (χ0v) is 13.0. The zero-order chi connectivity index (χ0) is 14.5. The van der Waals surface area contributed by atoms with E-state index < -0.39 is 0 Å². The van der Waals surface area contributed by atoms with Crippen LogP contribution in [0.4, 0.5) is 5.69 Å².